The summed E-state index contributed by atoms with van der Waals surface area (Å²) in [5.41, 5.74) is 3.69. The molecule has 3 heteroatoms. The van der Waals surface area contributed by atoms with E-state index in [2.05, 4.69) is 43.4 Å². The minimum absolute atomic E-state index is 0.0800. The maximum absolute atomic E-state index is 8.53. The smallest absolute Gasteiger partial charge is 0.174 e. The summed E-state index contributed by atoms with van der Waals surface area (Å²) in [6.07, 6.45) is 0. The second-order valence-corrected chi connectivity index (χ2v) is 5.11. The Labute approximate surface area is 126 Å². The van der Waals surface area contributed by atoms with Gasteiger partial charge in [0.05, 0.1) is 0 Å². The Bertz CT molecular complexity index is 614. The van der Waals surface area contributed by atoms with Crippen molar-refractivity contribution in [1.82, 2.24) is 5.32 Å². The molecule has 2 aromatic rings. The van der Waals surface area contributed by atoms with E-state index in [-0.39, 0.29) is 12.6 Å². The third-order valence-corrected chi connectivity index (χ3v) is 3.39. The fourth-order valence-corrected chi connectivity index (χ4v) is 2.10. The summed E-state index contributed by atoms with van der Waals surface area (Å²) in [7, 11) is 0. The van der Waals surface area contributed by atoms with Crippen molar-refractivity contribution < 1.29 is 4.74 Å². The van der Waals surface area contributed by atoms with Crippen LogP contribution in [0.2, 0.25) is 0 Å². The van der Waals surface area contributed by atoms with Crippen LogP contribution in [0.1, 0.15) is 29.7 Å². The monoisotopic (exact) mass is 280 g/mol. The lowest BCUT2D eigenvalue weighted by atomic mass is 10.1. The molecule has 0 radical (unpaired) electrons. The van der Waals surface area contributed by atoms with Gasteiger partial charge in [0.15, 0.2) is 6.61 Å². The molecule has 0 heterocycles. The third-order valence-electron chi connectivity index (χ3n) is 3.39. The lowest BCUT2D eigenvalue weighted by Crippen LogP contribution is -2.18. The number of aryl methyl sites for hydroxylation is 1. The summed E-state index contributed by atoms with van der Waals surface area (Å²) >= 11 is 0. The van der Waals surface area contributed by atoms with Crippen LogP contribution in [0.5, 0.6) is 5.75 Å². The summed E-state index contributed by atoms with van der Waals surface area (Å²) in [5.74, 6) is 0.735. The van der Waals surface area contributed by atoms with E-state index >= 15 is 0 Å². The normalized spacial score (nSPS) is 11.7. The van der Waals surface area contributed by atoms with Crippen LogP contribution in [0, 0.1) is 18.3 Å². The molecule has 0 aliphatic rings. The first-order chi connectivity index (χ1) is 10.2. The van der Waals surface area contributed by atoms with Gasteiger partial charge in [-0.05, 0) is 37.1 Å². The number of hydrogen-bond acceptors (Lipinski definition) is 3. The van der Waals surface area contributed by atoms with Crippen LogP contribution in [0.4, 0.5) is 0 Å². The molecule has 0 bridgehead atoms. The summed E-state index contributed by atoms with van der Waals surface area (Å²) in [5, 5.41) is 12.0. The van der Waals surface area contributed by atoms with Gasteiger partial charge in [-0.25, -0.2) is 0 Å². The van der Waals surface area contributed by atoms with E-state index in [0.717, 1.165) is 17.9 Å². The maximum Gasteiger partial charge on any atom is 0.174 e. The standard InChI is InChI=1S/C18H20N2O/c1-14-6-8-17(9-7-14)15(2)20-13-16-4-3-5-18(12-16)21-11-10-19/h3-9,12,15,20H,11,13H2,1-2H3/t15-/m0/s1. The molecule has 1 atom stereocenters. The molecule has 0 aromatic heterocycles. The minimum atomic E-state index is 0.0800. The average Bonchev–Trinajstić information content (AvgIpc) is 2.52. The van der Waals surface area contributed by atoms with E-state index in [4.69, 9.17) is 10.00 Å². The van der Waals surface area contributed by atoms with Crippen LogP contribution in [-0.4, -0.2) is 6.61 Å². The van der Waals surface area contributed by atoms with E-state index < -0.39 is 0 Å². The highest BCUT2D eigenvalue weighted by Crippen LogP contribution is 2.16. The summed E-state index contributed by atoms with van der Waals surface area (Å²) in [6.45, 7) is 5.09. The largest absolute Gasteiger partial charge is 0.479 e. The Morgan fingerprint density at radius 2 is 1.95 bits per heavy atom. The van der Waals surface area contributed by atoms with Crippen molar-refractivity contribution in [3.05, 3.63) is 65.2 Å². The number of nitriles is 1. The molecule has 0 saturated carbocycles. The quantitative estimate of drug-likeness (QED) is 0.876. The number of benzene rings is 2. The van der Waals surface area contributed by atoms with Crippen LogP contribution < -0.4 is 10.1 Å². The molecule has 0 spiro atoms. The van der Waals surface area contributed by atoms with Crippen molar-refractivity contribution >= 4 is 0 Å². The van der Waals surface area contributed by atoms with Crippen LogP contribution in [0.15, 0.2) is 48.5 Å². The first kappa shape index (κ1) is 15.1. The predicted molar refractivity (Wildman–Crippen MR) is 84.0 cm³/mol. The molecule has 108 valence electrons. The zero-order valence-corrected chi connectivity index (χ0v) is 12.5. The van der Waals surface area contributed by atoms with Gasteiger partial charge < -0.3 is 10.1 Å². The molecule has 0 aliphatic carbocycles. The zero-order valence-electron chi connectivity index (χ0n) is 12.5. The van der Waals surface area contributed by atoms with E-state index in [9.17, 15) is 0 Å². The van der Waals surface area contributed by atoms with Gasteiger partial charge in [-0.15, -0.1) is 0 Å². The van der Waals surface area contributed by atoms with E-state index in [1.165, 1.54) is 11.1 Å². The van der Waals surface area contributed by atoms with Crippen molar-refractivity contribution in [1.29, 1.82) is 5.26 Å². The van der Waals surface area contributed by atoms with Gasteiger partial charge in [-0.1, -0.05) is 42.0 Å². The molecule has 0 unspecified atom stereocenters. The van der Waals surface area contributed by atoms with E-state index in [0.29, 0.717) is 0 Å². The molecule has 21 heavy (non-hydrogen) atoms. The highest BCUT2D eigenvalue weighted by atomic mass is 16.5. The highest BCUT2D eigenvalue weighted by Gasteiger charge is 2.05. The molecule has 3 nitrogen and oxygen atoms in total. The topological polar surface area (TPSA) is 45.0 Å². The van der Waals surface area contributed by atoms with Gasteiger partial charge >= 0.3 is 0 Å². The Balaban J connectivity index is 1.93. The fourth-order valence-electron chi connectivity index (χ4n) is 2.10. The lowest BCUT2D eigenvalue weighted by molar-refractivity contribution is 0.367. The van der Waals surface area contributed by atoms with Gasteiger partial charge in [-0.2, -0.15) is 5.26 Å². The Hall–Kier alpha value is -2.31. The molecule has 0 fully saturated rings. The second kappa shape index (κ2) is 7.47. The summed E-state index contributed by atoms with van der Waals surface area (Å²) in [4.78, 5) is 0. The molecular weight excluding hydrogens is 260 g/mol. The molecule has 0 aliphatic heterocycles. The second-order valence-electron chi connectivity index (χ2n) is 5.11. The first-order valence-electron chi connectivity index (χ1n) is 7.07. The molecule has 2 rings (SSSR count). The fraction of sp³-hybridized carbons (Fsp3) is 0.278. The minimum Gasteiger partial charge on any atom is -0.479 e. The molecule has 1 N–H and O–H groups in total. The summed E-state index contributed by atoms with van der Waals surface area (Å²) in [6, 6.07) is 18.6. The van der Waals surface area contributed by atoms with E-state index in [1.54, 1.807) is 0 Å². The predicted octanol–water partition coefficient (Wildman–Crippen LogP) is 3.75. The Kier molecular flexibility index (Phi) is 5.36. The van der Waals surface area contributed by atoms with Gasteiger partial charge in [0.2, 0.25) is 0 Å². The van der Waals surface area contributed by atoms with Crippen molar-refractivity contribution in [3.63, 3.8) is 0 Å². The Morgan fingerprint density at radius 1 is 1.19 bits per heavy atom. The van der Waals surface area contributed by atoms with E-state index in [1.807, 2.05) is 30.3 Å². The number of hydrogen-bond donors (Lipinski definition) is 1. The van der Waals surface area contributed by atoms with Crippen LogP contribution in [0.3, 0.4) is 0 Å². The SMILES string of the molecule is Cc1ccc([C@H](C)NCc2cccc(OCC#N)c2)cc1. The van der Waals surface area contributed by atoms with Crippen molar-refractivity contribution in [2.45, 2.75) is 26.4 Å². The van der Waals surface area contributed by atoms with Gasteiger partial charge in [-0.3, -0.25) is 0 Å². The zero-order chi connectivity index (χ0) is 15.1. The number of nitrogens with zero attached hydrogens (tertiary/aromatic N) is 1. The van der Waals surface area contributed by atoms with Crippen LogP contribution in [0.25, 0.3) is 0 Å². The lowest BCUT2D eigenvalue weighted by Gasteiger charge is -2.15. The third kappa shape index (κ3) is 4.62. The van der Waals surface area contributed by atoms with Gasteiger partial charge in [0.1, 0.15) is 11.8 Å². The van der Waals surface area contributed by atoms with Crippen LogP contribution >= 0.6 is 0 Å². The molecular formula is C18H20N2O. The summed E-state index contributed by atoms with van der Waals surface area (Å²) < 4.78 is 5.31. The molecule has 2 aromatic carbocycles. The number of ether oxygens (including phenoxy) is 1. The van der Waals surface area contributed by atoms with Crippen molar-refractivity contribution in [2.24, 2.45) is 0 Å². The maximum atomic E-state index is 8.53. The van der Waals surface area contributed by atoms with Gasteiger partial charge in [0.25, 0.3) is 0 Å². The van der Waals surface area contributed by atoms with Gasteiger partial charge in [0, 0.05) is 12.6 Å². The number of nitrogens with one attached hydrogen (secondary N) is 1. The van der Waals surface area contributed by atoms with Crippen LogP contribution in [-0.2, 0) is 6.54 Å². The number of rotatable bonds is 6. The van der Waals surface area contributed by atoms with Crippen molar-refractivity contribution in [2.75, 3.05) is 6.61 Å². The molecule has 0 amide bonds. The highest BCUT2D eigenvalue weighted by molar-refractivity contribution is 5.29. The van der Waals surface area contributed by atoms with Crippen molar-refractivity contribution in [3.8, 4) is 11.8 Å². The average molecular weight is 280 g/mol. The Morgan fingerprint density at radius 3 is 2.67 bits per heavy atom. The molecule has 0 saturated heterocycles. The first-order valence-corrected chi connectivity index (χ1v) is 7.07.